The number of benzene rings is 1. The Balaban J connectivity index is 2.65. The maximum atomic E-state index is 11.0. The Labute approximate surface area is 101 Å². The Bertz CT molecular complexity index is 549. The van der Waals surface area contributed by atoms with Gasteiger partial charge >= 0.3 is 0 Å². The lowest BCUT2D eigenvalue weighted by Crippen LogP contribution is -1.95. The third-order valence-electron chi connectivity index (χ3n) is 2.38. The monoisotopic (exact) mass is 280 g/mol. The van der Waals surface area contributed by atoms with Crippen LogP contribution in [0.5, 0.6) is 0 Å². The van der Waals surface area contributed by atoms with Crippen LogP contribution in [0, 0.1) is 10.1 Å². The summed E-state index contributed by atoms with van der Waals surface area (Å²) in [5.41, 5.74) is 1.57. The van der Waals surface area contributed by atoms with E-state index in [9.17, 15) is 10.1 Å². The largest absolute Gasteiger partial charge is 0.350 e. The van der Waals surface area contributed by atoms with Crippen LogP contribution in [0.15, 0.2) is 41.0 Å². The Morgan fingerprint density at radius 1 is 1.38 bits per heavy atom. The molecule has 0 radical (unpaired) electrons. The topological polar surface area (TPSA) is 48.1 Å². The van der Waals surface area contributed by atoms with E-state index in [4.69, 9.17) is 0 Å². The molecule has 0 amide bonds. The van der Waals surface area contributed by atoms with E-state index in [1.165, 1.54) is 6.07 Å². The Morgan fingerprint density at radius 3 is 2.69 bits per heavy atom. The highest BCUT2D eigenvalue weighted by Crippen LogP contribution is 2.32. The first kappa shape index (κ1) is 10.9. The van der Waals surface area contributed by atoms with Gasteiger partial charge in [-0.25, -0.2) is 0 Å². The van der Waals surface area contributed by atoms with Crippen LogP contribution in [0.4, 0.5) is 5.69 Å². The van der Waals surface area contributed by atoms with Crippen molar-refractivity contribution in [3.05, 3.63) is 51.1 Å². The highest BCUT2D eigenvalue weighted by molar-refractivity contribution is 9.10. The number of nitro benzene ring substituents is 1. The van der Waals surface area contributed by atoms with Crippen LogP contribution >= 0.6 is 15.9 Å². The summed E-state index contributed by atoms with van der Waals surface area (Å²) in [7, 11) is 1.86. The molecule has 0 unspecified atom stereocenters. The molecule has 2 aromatic rings. The zero-order valence-electron chi connectivity index (χ0n) is 8.55. The first-order chi connectivity index (χ1) is 7.59. The molecule has 0 saturated carbocycles. The second-order valence-corrected chi connectivity index (χ2v) is 4.34. The molecule has 1 heterocycles. The van der Waals surface area contributed by atoms with Gasteiger partial charge in [-0.2, -0.15) is 0 Å². The smallest absolute Gasteiger partial charge is 0.279 e. The van der Waals surface area contributed by atoms with Crippen molar-refractivity contribution in [3.63, 3.8) is 0 Å². The molecule has 0 aliphatic heterocycles. The molecule has 0 bridgehead atoms. The molecule has 0 N–H and O–H groups in total. The van der Waals surface area contributed by atoms with Crippen LogP contribution in [0.2, 0.25) is 0 Å². The summed E-state index contributed by atoms with van der Waals surface area (Å²) in [6.45, 7) is 0. The molecule has 4 nitrogen and oxygen atoms in total. The van der Waals surface area contributed by atoms with E-state index in [-0.39, 0.29) is 10.6 Å². The van der Waals surface area contributed by atoms with Crippen molar-refractivity contribution >= 4 is 21.6 Å². The predicted octanol–water partition coefficient (Wildman–Crippen LogP) is 3.36. The molecule has 1 aromatic heterocycles. The summed E-state index contributed by atoms with van der Waals surface area (Å²) in [5.74, 6) is 0. The quantitative estimate of drug-likeness (QED) is 0.626. The van der Waals surface area contributed by atoms with Crippen LogP contribution in [0.3, 0.4) is 0 Å². The van der Waals surface area contributed by atoms with Crippen molar-refractivity contribution in [1.29, 1.82) is 0 Å². The van der Waals surface area contributed by atoms with Crippen molar-refractivity contribution in [2.75, 3.05) is 0 Å². The predicted molar refractivity (Wildman–Crippen MR) is 65.2 cm³/mol. The van der Waals surface area contributed by atoms with Gasteiger partial charge in [0, 0.05) is 23.8 Å². The fraction of sp³-hybridized carbons (Fsp3) is 0.0909. The third kappa shape index (κ3) is 1.86. The summed E-state index contributed by atoms with van der Waals surface area (Å²) in [6.07, 6.45) is 1.86. The molecule has 82 valence electrons. The summed E-state index contributed by atoms with van der Waals surface area (Å²) < 4.78 is 2.56. The molecule has 0 saturated heterocycles. The van der Waals surface area contributed by atoms with Gasteiger partial charge in [0.2, 0.25) is 0 Å². The minimum absolute atomic E-state index is 0.108. The van der Waals surface area contributed by atoms with E-state index in [1.54, 1.807) is 12.1 Å². The van der Waals surface area contributed by atoms with E-state index in [1.807, 2.05) is 29.9 Å². The number of nitro groups is 1. The zero-order chi connectivity index (χ0) is 11.7. The van der Waals surface area contributed by atoms with Gasteiger partial charge < -0.3 is 4.57 Å². The number of hydrogen-bond acceptors (Lipinski definition) is 2. The van der Waals surface area contributed by atoms with E-state index >= 15 is 0 Å². The fourth-order valence-electron chi connectivity index (χ4n) is 1.61. The van der Waals surface area contributed by atoms with Gasteiger partial charge in [-0.3, -0.25) is 10.1 Å². The normalized spacial score (nSPS) is 10.4. The summed E-state index contributed by atoms with van der Waals surface area (Å²) in [6, 6.07) is 8.78. The SMILES string of the molecule is Cn1cccc1-c1ccc(Br)cc1[N+](=O)[O-]. The molecule has 1 aromatic carbocycles. The van der Waals surface area contributed by atoms with Gasteiger partial charge in [0.25, 0.3) is 5.69 Å². The van der Waals surface area contributed by atoms with E-state index in [0.717, 1.165) is 5.69 Å². The van der Waals surface area contributed by atoms with Gasteiger partial charge in [0.1, 0.15) is 0 Å². The van der Waals surface area contributed by atoms with Gasteiger partial charge in [0.05, 0.1) is 16.2 Å². The molecule has 0 atom stereocenters. The molecule has 0 fully saturated rings. The van der Waals surface area contributed by atoms with Crippen molar-refractivity contribution in [1.82, 2.24) is 4.57 Å². The van der Waals surface area contributed by atoms with Crippen molar-refractivity contribution in [2.45, 2.75) is 0 Å². The maximum Gasteiger partial charge on any atom is 0.279 e. The second kappa shape index (κ2) is 4.09. The van der Waals surface area contributed by atoms with Crippen molar-refractivity contribution in [3.8, 4) is 11.3 Å². The first-order valence-corrected chi connectivity index (χ1v) is 5.44. The lowest BCUT2D eigenvalue weighted by atomic mass is 10.1. The minimum Gasteiger partial charge on any atom is -0.350 e. The highest BCUT2D eigenvalue weighted by atomic mass is 79.9. The Kier molecular flexibility index (Phi) is 2.78. The van der Waals surface area contributed by atoms with Gasteiger partial charge in [-0.05, 0) is 24.3 Å². The zero-order valence-corrected chi connectivity index (χ0v) is 10.1. The molecule has 16 heavy (non-hydrogen) atoms. The number of aromatic nitrogens is 1. The van der Waals surface area contributed by atoms with Crippen LogP contribution in [-0.4, -0.2) is 9.49 Å². The molecular formula is C11H9BrN2O2. The molecule has 0 aliphatic rings. The minimum atomic E-state index is -0.368. The van der Waals surface area contributed by atoms with Crippen molar-refractivity contribution in [2.24, 2.45) is 7.05 Å². The van der Waals surface area contributed by atoms with Gasteiger partial charge in [-0.15, -0.1) is 0 Å². The molecule has 0 aliphatic carbocycles. The van der Waals surface area contributed by atoms with Gasteiger partial charge in [-0.1, -0.05) is 15.9 Å². The summed E-state index contributed by atoms with van der Waals surface area (Å²) in [4.78, 5) is 10.6. The van der Waals surface area contributed by atoms with Crippen molar-refractivity contribution < 1.29 is 4.92 Å². The molecule has 5 heteroatoms. The Hall–Kier alpha value is -1.62. The van der Waals surface area contributed by atoms with E-state index in [0.29, 0.717) is 10.0 Å². The number of hydrogen-bond donors (Lipinski definition) is 0. The lowest BCUT2D eigenvalue weighted by Gasteiger charge is -2.04. The molecular weight excluding hydrogens is 272 g/mol. The number of rotatable bonds is 2. The molecule has 2 rings (SSSR count). The maximum absolute atomic E-state index is 11.0. The summed E-state index contributed by atoms with van der Waals surface area (Å²) in [5, 5.41) is 11.0. The lowest BCUT2D eigenvalue weighted by molar-refractivity contribution is -0.384. The van der Waals surface area contributed by atoms with E-state index in [2.05, 4.69) is 15.9 Å². The number of nitrogens with zero attached hydrogens (tertiary/aromatic N) is 2. The van der Waals surface area contributed by atoms with E-state index < -0.39 is 0 Å². The highest BCUT2D eigenvalue weighted by Gasteiger charge is 2.17. The average molecular weight is 281 g/mol. The standard InChI is InChI=1S/C11H9BrN2O2/c1-13-6-2-3-10(13)9-5-4-8(12)7-11(9)14(15)16/h2-7H,1H3. The third-order valence-corrected chi connectivity index (χ3v) is 2.87. The van der Waals surface area contributed by atoms with Gasteiger partial charge in [0.15, 0.2) is 0 Å². The fourth-order valence-corrected chi connectivity index (χ4v) is 1.96. The van der Waals surface area contributed by atoms with Crippen LogP contribution in [0.1, 0.15) is 0 Å². The number of aryl methyl sites for hydroxylation is 1. The first-order valence-electron chi connectivity index (χ1n) is 4.65. The summed E-state index contributed by atoms with van der Waals surface area (Å²) >= 11 is 3.24. The van der Waals surface area contributed by atoms with Crippen LogP contribution < -0.4 is 0 Å². The average Bonchev–Trinajstić information content (AvgIpc) is 2.64. The number of halogens is 1. The second-order valence-electron chi connectivity index (χ2n) is 3.42. The Morgan fingerprint density at radius 2 is 2.12 bits per heavy atom. The molecule has 0 spiro atoms. The van der Waals surface area contributed by atoms with Crippen LogP contribution in [0.25, 0.3) is 11.3 Å². The van der Waals surface area contributed by atoms with Crippen LogP contribution in [-0.2, 0) is 7.05 Å².